The molecule has 0 bridgehead atoms. The van der Waals surface area contributed by atoms with Crippen LogP contribution in [0.2, 0.25) is 0 Å². The minimum atomic E-state index is -1.22. The molecular formula is C3H2Br6O. The Kier molecular flexibility index (Phi) is 5.61. The monoisotopic (exact) mass is 528 g/mol. The summed E-state index contributed by atoms with van der Waals surface area (Å²) < 4.78 is -2.06. The molecule has 1 nitrogen and oxygen atoms in total. The van der Waals surface area contributed by atoms with E-state index in [1.807, 2.05) is 0 Å². The predicted molar refractivity (Wildman–Crippen MR) is 65.0 cm³/mol. The van der Waals surface area contributed by atoms with E-state index in [9.17, 15) is 5.11 Å². The molecule has 0 saturated heterocycles. The third-order valence-corrected chi connectivity index (χ3v) is 9.95. The van der Waals surface area contributed by atoms with Crippen molar-refractivity contribution < 1.29 is 5.11 Å². The van der Waals surface area contributed by atoms with Crippen LogP contribution in [-0.4, -0.2) is 15.5 Å². The Labute approximate surface area is 109 Å². The zero-order valence-electron chi connectivity index (χ0n) is 4.29. The number of hydrogen-bond donors (Lipinski definition) is 1. The topological polar surface area (TPSA) is 20.2 Å². The van der Waals surface area contributed by atoms with Crippen molar-refractivity contribution in [3.05, 3.63) is 0 Å². The minimum absolute atomic E-state index is 0.128. The maximum atomic E-state index is 9.40. The summed E-state index contributed by atoms with van der Waals surface area (Å²) in [6.07, 6.45) is 0. The molecule has 10 heavy (non-hydrogen) atoms. The first-order valence-electron chi connectivity index (χ1n) is 1.95. The average molecular weight is 533 g/mol. The lowest BCUT2D eigenvalue weighted by molar-refractivity contribution is 0.240. The summed E-state index contributed by atoms with van der Waals surface area (Å²) in [5.41, 5.74) is 0. The smallest absolute Gasteiger partial charge is 0.202 e. The molecule has 0 aliphatic heterocycles. The molecule has 7 heteroatoms. The highest BCUT2D eigenvalue weighted by Crippen LogP contribution is 2.52. The Morgan fingerprint density at radius 2 is 1.30 bits per heavy atom. The van der Waals surface area contributed by atoms with Crippen molar-refractivity contribution >= 4 is 95.6 Å². The summed E-state index contributed by atoms with van der Waals surface area (Å²) in [4.78, 5) is 0. The predicted octanol–water partition coefficient (Wildman–Crippen LogP) is 4.02. The van der Waals surface area contributed by atoms with Crippen LogP contribution in [0.5, 0.6) is 0 Å². The first-order chi connectivity index (χ1) is 4.19. The van der Waals surface area contributed by atoms with Gasteiger partial charge in [0.25, 0.3) is 0 Å². The highest BCUT2D eigenvalue weighted by atomic mass is 79.9. The molecule has 0 amide bonds. The summed E-state index contributed by atoms with van der Waals surface area (Å²) in [6, 6.07) is 0. The molecular weight excluding hydrogens is 531 g/mol. The molecule has 0 atom stereocenters. The number of hydrogen-bond acceptors (Lipinski definition) is 1. The molecule has 0 saturated carbocycles. The Morgan fingerprint density at radius 1 is 1.00 bits per heavy atom. The molecule has 0 aromatic rings. The van der Waals surface area contributed by atoms with Crippen molar-refractivity contribution in [2.24, 2.45) is 0 Å². The molecule has 0 unspecified atom stereocenters. The van der Waals surface area contributed by atoms with E-state index in [1.54, 1.807) is 0 Å². The van der Waals surface area contributed by atoms with Gasteiger partial charge in [0.05, 0.1) is 3.74 Å². The van der Waals surface area contributed by atoms with Gasteiger partial charge in [-0.2, -0.15) is 0 Å². The third-order valence-electron chi connectivity index (χ3n) is 0.675. The quantitative estimate of drug-likeness (QED) is 0.532. The van der Waals surface area contributed by atoms with Crippen molar-refractivity contribution in [2.75, 3.05) is 0 Å². The first kappa shape index (κ1) is 12.8. The average Bonchev–Trinajstić information content (AvgIpc) is 1.62. The van der Waals surface area contributed by atoms with E-state index in [4.69, 9.17) is 0 Å². The van der Waals surface area contributed by atoms with E-state index in [1.165, 1.54) is 0 Å². The van der Waals surface area contributed by atoms with E-state index in [2.05, 4.69) is 95.6 Å². The van der Waals surface area contributed by atoms with Crippen LogP contribution in [0.15, 0.2) is 0 Å². The van der Waals surface area contributed by atoms with Gasteiger partial charge in [-0.25, -0.2) is 0 Å². The van der Waals surface area contributed by atoms with Crippen LogP contribution in [0.1, 0.15) is 0 Å². The Bertz CT molecular complexity index is 115. The van der Waals surface area contributed by atoms with Crippen molar-refractivity contribution in [3.8, 4) is 0 Å². The summed E-state index contributed by atoms with van der Waals surface area (Å²) in [5.74, 6) is 0. The van der Waals surface area contributed by atoms with Crippen molar-refractivity contribution in [3.63, 3.8) is 0 Å². The van der Waals surface area contributed by atoms with Crippen LogP contribution in [0.3, 0.4) is 0 Å². The Balaban J connectivity index is 4.40. The molecule has 0 radical (unpaired) electrons. The van der Waals surface area contributed by atoms with Gasteiger partial charge >= 0.3 is 0 Å². The standard InChI is InChI=1S/C3H2Br6O/c4-1(5)2(6,7)3(8,9)10/h1,10H. The summed E-state index contributed by atoms with van der Waals surface area (Å²) in [7, 11) is 0. The third kappa shape index (κ3) is 3.30. The van der Waals surface area contributed by atoms with Gasteiger partial charge in [0.2, 0.25) is 3.42 Å². The molecule has 62 valence electrons. The maximum Gasteiger partial charge on any atom is 0.202 e. The van der Waals surface area contributed by atoms with Crippen LogP contribution in [0, 0.1) is 0 Å². The molecule has 0 spiro atoms. The van der Waals surface area contributed by atoms with Crippen molar-refractivity contribution in [1.29, 1.82) is 0 Å². The van der Waals surface area contributed by atoms with Gasteiger partial charge < -0.3 is 5.11 Å². The number of halogens is 6. The van der Waals surface area contributed by atoms with Crippen LogP contribution in [0.4, 0.5) is 0 Å². The molecule has 0 aliphatic carbocycles. The molecule has 0 aliphatic rings. The summed E-state index contributed by atoms with van der Waals surface area (Å²) >= 11 is 19.0. The number of rotatable bonds is 2. The van der Waals surface area contributed by atoms with Crippen molar-refractivity contribution in [1.82, 2.24) is 0 Å². The van der Waals surface area contributed by atoms with E-state index in [0.29, 0.717) is 0 Å². The summed E-state index contributed by atoms with van der Waals surface area (Å²) in [6.45, 7) is 0. The van der Waals surface area contributed by atoms with E-state index in [0.717, 1.165) is 0 Å². The SMILES string of the molecule is OC(Br)(Br)C(Br)(Br)C(Br)Br. The van der Waals surface area contributed by atoms with Gasteiger partial charge in [-0.05, 0) is 31.9 Å². The fourth-order valence-electron chi connectivity index (χ4n) is 0.131. The number of aliphatic hydroxyl groups is 1. The lowest BCUT2D eigenvalue weighted by Gasteiger charge is -2.30. The molecule has 0 rings (SSSR count). The van der Waals surface area contributed by atoms with E-state index >= 15 is 0 Å². The van der Waals surface area contributed by atoms with Gasteiger partial charge in [0, 0.05) is 0 Å². The fourth-order valence-corrected chi connectivity index (χ4v) is 2.48. The van der Waals surface area contributed by atoms with Crippen LogP contribution in [0.25, 0.3) is 0 Å². The zero-order chi connectivity index (χ0) is 8.58. The van der Waals surface area contributed by atoms with Crippen LogP contribution in [-0.2, 0) is 0 Å². The number of alkyl halides is 6. The van der Waals surface area contributed by atoms with E-state index < -0.39 is 6.65 Å². The molecule has 0 fully saturated rings. The first-order valence-corrected chi connectivity index (χ1v) is 6.96. The highest BCUT2D eigenvalue weighted by Gasteiger charge is 2.47. The molecule has 1 N–H and O–H groups in total. The van der Waals surface area contributed by atoms with E-state index in [-0.39, 0.29) is 3.74 Å². The zero-order valence-corrected chi connectivity index (χ0v) is 13.8. The summed E-state index contributed by atoms with van der Waals surface area (Å²) in [5, 5.41) is 9.40. The van der Waals surface area contributed by atoms with Gasteiger partial charge in [-0.3, -0.25) is 0 Å². The lowest BCUT2D eigenvalue weighted by atomic mass is 10.5. The van der Waals surface area contributed by atoms with Gasteiger partial charge in [0.1, 0.15) is 0 Å². The Morgan fingerprint density at radius 3 is 1.30 bits per heavy atom. The second kappa shape index (κ2) is 4.37. The second-order valence-electron chi connectivity index (χ2n) is 1.46. The lowest BCUT2D eigenvalue weighted by Crippen LogP contribution is -2.38. The Hall–Kier alpha value is 2.84. The molecule has 0 aromatic carbocycles. The van der Waals surface area contributed by atoms with Crippen LogP contribution < -0.4 is 0 Å². The second-order valence-corrected chi connectivity index (χ2v) is 11.5. The molecule has 0 heterocycles. The normalized spacial score (nSPS) is 14.4. The van der Waals surface area contributed by atoms with Crippen molar-refractivity contribution in [2.45, 2.75) is 10.4 Å². The van der Waals surface area contributed by atoms with Gasteiger partial charge in [-0.15, -0.1) is 0 Å². The molecule has 0 aromatic heterocycles. The van der Waals surface area contributed by atoms with Gasteiger partial charge in [0.15, 0.2) is 3.23 Å². The van der Waals surface area contributed by atoms with Gasteiger partial charge in [-0.1, -0.05) is 63.7 Å². The van der Waals surface area contributed by atoms with Crippen LogP contribution >= 0.6 is 95.6 Å². The fraction of sp³-hybridized carbons (Fsp3) is 1.00. The highest BCUT2D eigenvalue weighted by molar-refractivity contribution is 9.32. The largest absolute Gasteiger partial charge is 0.368 e. The maximum absolute atomic E-state index is 9.40. The minimum Gasteiger partial charge on any atom is -0.368 e.